The molecule has 3 rings (SSSR count). The number of aliphatic hydroxyl groups excluding tert-OH is 1. The van der Waals surface area contributed by atoms with Crippen molar-refractivity contribution >= 4 is 11.9 Å². The summed E-state index contributed by atoms with van der Waals surface area (Å²) in [5.41, 5.74) is 7.25. The smallest absolute Gasteiger partial charge is 0.270 e. The van der Waals surface area contributed by atoms with E-state index < -0.39 is 0 Å². The summed E-state index contributed by atoms with van der Waals surface area (Å²) in [7, 11) is 0. The predicted octanol–water partition coefficient (Wildman–Crippen LogP) is 1.00. The van der Waals surface area contributed by atoms with Crippen molar-refractivity contribution in [1.82, 2.24) is 20.3 Å². The number of aliphatic hydroxyl groups is 1. The maximum Gasteiger partial charge on any atom is 0.270 e. The number of carbonyl (C=O) groups excluding carboxylic acids is 1. The highest BCUT2D eigenvalue weighted by Crippen LogP contribution is 2.37. The van der Waals surface area contributed by atoms with Gasteiger partial charge in [0.1, 0.15) is 5.69 Å². The zero-order chi connectivity index (χ0) is 16.4. The van der Waals surface area contributed by atoms with Crippen molar-refractivity contribution < 1.29 is 9.90 Å². The average molecular weight is 313 g/mol. The van der Waals surface area contributed by atoms with Crippen LogP contribution in [0.5, 0.6) is 0 Å². The molecule has 0 bridgehead atoms. The molecule has 23 heavy (non-hydrogen) atoms. The van der Waals surface area contributed by atoms with Crippen LogP contribution in [0.25, 0.3) is 0 Å². The molecule has 1 unspecified atom stereocenters. The number of carbonyl (C=O) groups is 1. The van der Waals surface area contributed by atoms with Crippen molar-refractivity contribution in [2.45, 2.75) is 31.9 Å². The zero-order valence-electron chi connectivity index (χ0n) is 12.8. The van der Waals surface area contributed by atoms with Crippen LogP contribution in [0.3, 0.4) is 0 Å². The van der Waals surface area contributed by atoms with Crippen molar-refractivity contribution in [3.63, 3.8) is 0 Å². The van der Waals surface area contributed by atoms with Gasteiger partial charge in [-0.3, -0.25) is 9.78 Å². The molecule has 4 N–H and O–H groups in total. The topological polar surface area (TPSA) is 114 Å². The number of nitrogens with one attached hydrogen (secondary N) is 1. The third-order valence-electron chi connectivity index (χ3n) is 4.02. The summed E-state index contributed by atoms with van der Waals surface area (Å²) >= 11 is 0. The van der Waals surface area contributed by atoms with Crippen molar-refractivity contribution in [1.29, 1.82) is 0 Å². The van der Waals surface area contributed by atoms with E-state index in [1.54, 1.807) is 19.2 Å². The third kappa shape index (κ3) is 3.45. The van der Waals surface area contributed by atoms with E-state index in [2.05, 4.69) is 20.3 Å². The van der Waals surface area contributed by atoms with Gasteiger partial charge in [-0.1, -0.05) is 6.07 Å². The number of nitrogen functional groups attached to an aromatic ring is 1. The first-order valence-corrected chi connectivity index (χ1v) is 7.54. The Morgan fingerprint density at radius 3 is 2.78 bits per heavy atom. The van der Waals surface area contributed by atoms with Crippen LogP contribution in [-0.2, 0) is 0 Å². The molecule has 120 valence electrons. The number of pyridine rings is 1. The molecule has 0 saturated heterocycles. The van der Waals surface area contributed by atoms with Crippen LogP contribution in [-0.4, -0.2) is 32.1 Å². The second-order valence-electron chi connectivity index (χ2n) is 5.84. The lowest BCUT2D eigenvalue weighted by Crippen LogP contribution is -2.42. The molecule has 0 aliphatic heterocycles. The molecule has 1 atom stereocenters. The number of nitrogens with zero attached hydrogens (tertiary/aromatic N) is 3. The van der Waals surface area contributed by atoms with Gasteiger partial charge in [-0.15, -0.1) is 0 Å². The number of nitrogens with two attached hydrogens (primary N) is 1. The fraction of sp³-hybridized carbons (Fsp3) is 0.375. The van der Waals surface area contributed by atoms with Gasteiger partial charge in [0.2, 0.25) is 5.95 Å². The molecule has 0 aromatic carbocycles. The highest BCUT2D eigenvalue weighted by Gasteiger charge is 2.36. The molecule has 0 radical (unpaired) electrons. The fourth-order valence-electron chi connectivity index (χ4n) is 2.82. The molecule has 2 aromatic heterocycles. The SMILES string of the molecule is Cc1cc(C(=O)NC(c2ccccn2)C2CC(O)C2)nc(N)n1. The Morgan fingerprint density at radius 2 is 2.17 bits per heavy atom. The van der Waals surface area contributed by atoms with E-state index in [1.165, 1.54) is 0 Å². The van der Waals surface area contributed by atoms with Gasteiger partial charge in [0.05, 0.1) is 17.8 Å². The molecule has 1 aliphatic rings. The Hall–Kier alpha value is -2.54. The normalized spacial score (nSPS) is 21.3. The molecule has 0 spiro atoms. The van der Waals surface area contributed by atoms with Crippen LogP contribution in [0.2, 0.25) is 0 Å². The number of amides is 1. The van der Waals surface area contributed by atoms with E-state index in [0.717, 1.165) is 5.69 Å². The zero-order valence-corrected chi connectivity index (χ0v) is 12.8. The largest absolute Gasteiger partial charge is 0.393 e. The molecular weight excluding hydrogens is 294 g/mol. The van der Waals surface area contributed by atoms with Gasteiger partial charge in [0.15, 0.2) is 0 Å². The van der Waals surface area contributed by atoms with Crippen LogP contribution < -0.4 is 11.1 Å². The minimum absolute atomic E-state index is 0.0728. The molecule has 1 amide bonds. The van der Waals surface area contributed by atoms with Gasteiger partial charge >= 0.3 is 0 Å². The van der Waals surface area contributed by atoms with Gasteiger partial charge in [-0.05, 0) is 43.9 Å². The van der Waals surface area contributed by atoms with Gasteiger partial charge < -0.3 is 16.2 Å². The maximum absolute atomic E-state index is 12.5. The van der Waals surface area contributed by atoms with Gasteiger partial charge in [-0.25, -0.2) is 9.97 Å². The van der Waals surface area contributed by atoms with Crippen molar-refractivity contribution in [2.75, 3.05) is 5.73 Å². The minimum atomic E-state index is -0.320. The van der Waals surface area contributed by atoms with Crippen LogP contribution in [0.1, 0.15) is 40.8 Å². The Morgan fingerprint density at radius 1 is 1.39 bits per heavy atom. The van der Waals surface area contributed by atoms with E-state index >= 15 is 0 Å². The molecule has 7 nitrogen and oxygen atoms in total. The van der Waals surface area contributed by atoms with Crippen molar-refractivity contribution in [3.8, 4) is 0 Å². The van der Waals surface area contributed by atoms with E-state index in [4.69, 9.17) is 5.73 Å². The molecule has 2 heterocycles. The lowest BCUT2D eigenvalue weighted by atomic mass is 9.76. The average Bonchev–Trinajstić information content (AvgIpc) is 2.49. The van der Waals surface area contributed by atoms with Gasteiger partial charge in [0, 0.05) is 11.9 Å². The van der Waals surface area contributed by atoms with Crippen molar-refractivity contribution in [3.05, 3.63) is 47.5 Å². The lowest BCUT2D eigenvalue weighted by molar-refractivity contribution is 0.0227. The van der Waals surface area contributed by atoms with Crippen LogP contribution in [0.4, 0.5) is 5.95 Å². The third-order valence-corrected chi connectivity index (χ3v) is 4.02. The molecule has 1 aliphatic carbocycles. The molecular formula is C16H19N5O2. The molecule has 2 aromatic rings. The monoisotopic (exact) mass is 313 g/mol. The minimum Gasteiger partial charge on any atom is -0.393 e. The van der Waals surface area contributed by atoms with Gasteiger partial charge in [-0.2, -0.15) is 0 Å². The van der Waals surface area contributed by atoms with Crippen LogP contribution in [0.15, 0.2) is 30.5 Å². The molecule has 1 fully saturated rings. The van der Waals surface area contributed by atoms with Crippen LogP contribution in [0, 0.1) is 12.8 Å². The highest BCUT2D eigenvalue weighted by atomic mass is 16.3. The van der Waals surface area contributed by atoms with E-state index in [0.29, 0.717) is 18.5 Å². The molecule has 1 saturated carbocycles. The second-order valence-corrected chi connectivity index (χ2v) is 5.84. The first-order valence-electron chi connectivity index (χ1n) is 7.54. The number of hydrogen-bond acceptors (Lipinski definition) is 6. The summed E-state index contributed by atoms with van der Waals surface area (Å²) in [6, 6.07) is 6.91. The van der Waals surface area contributed by atoms with Crippen LogP contribution >= 0.6 is 0 Å². The second kappa shape index (κ2) is 6.29. The number of hydrogen-bond donors (Lipinski definition) is 3. The lowest BCUT2D eigenvalue weighted by Gasteiger charge is -2.37. The Bertz CT molecular complexity index is 681. The number of rotatable bonds is 4. The Labute approximate surface area is 134 Å². The summed E-state index contributed by atoms with van der Waals surface area (Å²) in [5.74, 6) is -0.0908. The molecule has 7 heteroatoms. The number of aryl methyl sites for hydroxylation is 1. The predicted molar refractivity (Wildman–Crippen MR) is 84.4 cm³/mol. The summed E-state index contributed by atoms with van der Waals surface area (Å²) in [4.78, 5) is 24.8. The standard InChI is InChI=1S/C16H19N5O2/c1-9-6-13(20-16(17)19-9)15(23)21-14(10-7-11(22)8-10)12-4-2-3-5-18-12/h2-6,10-11,14,22H,7-8H2,1H3,(H,21,23)(H2,17,19,20). The maximum atomic E-state index is 12.5. The highest BCUT2D eigenvalue weighted by molar-refractivity contribution is 5.92. The number of anilines is 1. The summed E-state index contributed by atoms with van der Waals surface area (Å²) in [6.07, 6.45) is 2.68. The van der Waals surface area contributed by atoms with Crippen molar-refractivity contribution in [2.24, 2.45) is 5.92 Å². The van der Waals surface area contributed by atoms with E-state index in [1.807, 2.05) is 18.2 Å². The summed E-state index contributed by atoms with van der Waals surface area (Å²) in [5, 5.41) is 12.5. The fourth-order valence-corrected chi connectivity index (χ4v) is 2.82. The first-order chi connectivity index (χ1) is 11.0. The first kappa shape index (κ1) is 15.4. The number of aromatic nitrogens is 3. The summed E-state index contributed by atoms with van der Waals surface area (Å²) in [6.45, 7) is 1.76. The Kier molecular flexibility index (Phi) is 4.20. The van der Waals surface area contributed by atoms with Gasteiger partial charge in [0.25, 0.3) is 5.91 Å². The summed E-state index contributed by atoms with van der Waals surface area (Å²) < 4.78 is 0. The quantitative estimate of drug-likeness (QED) is 0.776. The van der Waals surface area contributed by atoms with E-state index in [9.17, 15) is 9.90 Å². The van der Waals surface area contributed by atoms with E-state index in [-0.39, 0.29) is 35.6 Å². The Balaban J connectivity index is 1.82.